The molecule has 1 rings (SSSR count). The first-order chi connectivity index (χ1) is 8.34. The van der Waals surface area contributed by atoms with Crippen LogP contribution >= 0.6 is 0 Å². The number of rotatable bonds is 5. The Bertz CT molecular complexity index is 268. The molecule has 0 aromatic rings. The lowest BCUT2D eigenvalue weighted by atomic mass is 9.71. The molecule has 1 amide bonds. The molecule has 0 unspecified atom stereocenters. The highest BCUT2D eigenvalue weighted by Crippen LogP contribution is 2.37. The normalized spacial score (nSPS) is 19.9. The van der Waals surface area contributed by atoms with E-state index in [9.17, 15) is 4.79 Å². The van der Waals surface area contributed by atoms with E-state index in [1.165, 1.54) is 32.1 Å². The van der Waals surface area contributed by atoms with E-state index in [1.54, 1.807) is 0 Å². The molecule has 1 saturated carbocycles. The summed E-state index contributed by atoms with van der Waals surface area (Å²) in [4.78, 5) is 11.9. The summed E-state index contributed by atoms with van der Waals surface area (Å²) in [5, 5.41) is 3.04. The van der Waals surface area contributed by atoms with Crippen LogP contribution in [0.4, 0.5) is 0 Å². The number of carbonyl (C=O) groups excluding carboxylic acids is 1. The molecule has 0 aromatic carbocycles. The molecule has 0 aromatic heterocycles. The third-order valence-electron chi connectivity index (χ3n) is 4.45. The second-order valence-electron chi connectivity index (χ2n) is 6.81. The first kappa shape index (κ1) is 15.5. The van der Waals surface area contributed by atoms with Gasteiger partial charge < -0.3 is 11.1 Å². The predicted molar refractivity (Wildman–Crippen MR) is 76.2 cm³/mol. The van der Waals surface area contributed by atoms with Gasteiger partial charge in [-0.3, -0.25) is 4.79 Å². The Balaban J connectivity index is 2.43. The average Bonchev–Trinajstić information content (AvgIpc) is 2.36. The molecule has 3 heteroatoms. The second kappa shape index (κ2) is 6.55. The lowest BCUT2D eigenvalue weighted by Gasteiger charge is -2.37. The van der Waals surface area contributed by atoms with Crippen LogP contribution in [0.5, 0.6) is 0 Å². The summed E-state index contributed by atoms with van der Waals surface area (Å²) in [5.74, 6) is 0.929. The van der Waals surface area contributed by atoms with E-state index < -0.39 is 0 Å². The molecular weight excluding hydrogens is 224 g/mol. The van der Waals surface area contributed by atoms with Gasteiger partial charge in [0, 0.05) is 6.54 Å². The fourth-order valence-corrected chi connectivity index (χ4v) is 2.76. The van der Waals surface area contributed by atoms with Crippen LogP contribution < -0.4 is 11.1 Å². The van der Waals surface area contributed by atoms with Crippen LogP contribution in [0.25, 0.3) is 0 Å². The maximum atomic E-state index is 11.9. The summed E-state index contributed by atoms with van der Waals surface area (Å²) in [6.07, 6.45) is 6.66. The average molecular weight is 254 g/mol. The van der Waals surface area contributed by atoms with Crippen molar-refractivity contribution in [3.05, 3.63) is 0 Å². The van der Waals surface area contributed by atoms with Gasteiger partial charge in [-0.05, 0) is 30.1 Å². The second-order valence-corrected chi connectivity index (χ2v) is 6.81. The zero-order chi connectivity index (χ0) is 13.8. The Kier molecular flexibility index (Phi) is 5.64. The lowest BCUT2D eigenvalue weighted by molar-refractivity contribution is -0.123. The van der Waals surface area contributed by atoms with Gasteiger partial charge >= 0.3 is 0 Å². The van der Waals surface area contributed by atoms with Gasteiger partial charge in [0.05, 0.1) is 6.04 Å². The topological polar surface area (TPSA) is 55.1 Å². The summed E-state index contributed by atoms with van der Waals surface area (Å²) < 4.78 is 0. The molecule has 0 bridgehead atoms. The largest absolute Gasteiger partial charge is 0.354 e. The molecule has 0 heterocycles. The standard InChI is InChI=1S/C15H30N2O/c1-11(2)13(16)14(18)17-10-15(3,4)12-8-6-5-7-9-12/h11-13H,5-10,16H2,1-4H3,(H,17,18)/t13-/m0/s1. The Morgan fingerprint density at radius 1 is 1.28 bits per heavy atom. The van der Waals surface area contributed by atoms with Crippen molar-refractivity contribution < 1.29 is 4.79 Å². The smallest absolute Gasteiger partial charge is 0.237 e. The van der Waals surface area contributed by atoms with Crippen LogP contribution in [0.1, 0.15) is 59.8 Å². The van der Waals surface area contributed by atoms with Crippen LogP contribution in [0.2, 0.25) is 0 Å². The molecule has 0 radical (unpaired) electrons. The molecule has 1 atom stereocenters. The van der Waals surface area contributed by atoms with Gasteiger partial charge in [0.1, 0.15) is 0 Å². The number of hydrogen-bond donors (Lipinski definition) is 2. The number of carbonyl (C=O) groups is 1. The van der Waals surface area contributed by atoms with Crippen molar-refractivity contribution in [2.75, 3.05) is 6.54 Å². The van der Waals surface area contributed by atoms with Crippen LogP contribution in [-0.2, 0) is 4.79 Å². The summed E-state index contributed by atoms with van der Waals surface area (Å²) in [7, 11) is 0. The van der Waals surface area contributed by atoms with Crippen molar-refractivity contribution >= 4 is 5.91 Å². The monoisotopic (exact) mass is 254 g/mol. The van der Waals surface area contributed by atoms with Gasteiger partial charge in [0.15, 0.2) is 0 Å². The molecule has 1 aliphatic rings. The lowest BCUT2D eigenvalue weighted by Crippen LogP contribution is -2.48. The summed E-state index contributed by atoms with van der Waals surface area (Å²) in [5.41, 5.74) is 6.04. The molecular formula is C15H30N2O. The van der Waals surface area contributed by atoms with Gasteiger partial charge in [-0.15, -0.1) is 0 Å². The zero-order valence-electron chi connectivity index (χ0n) is 12.5. The molecule has 3 nitrogen and oxygen atoms in total. The van der Waals surface area contributed by atoms with Crippen LogP contribution in [0.15, 0.2) is 0 Å². The van der Waals surface area contributed by atoms with Crippen molar-refractivity contribution in [1.82, 2.24) is 5.32 Å². The predicted octanol–water partition coefficient (Wildman–Crippen LogP) is 2.69. The highest BCUT2D eigenvalue weighted by atomic mass is 16.2. The number of nitrogens with two attached hydrogens (primary N) is 1. The molecule has 3 N–H and O–H groups in total. The molecule has 106 valence electrons. The van der Waals surface area contributed by atoms with Crippen molar-refractivity contribution in [2.24, 2.45) is 23.0 Å². The number of amides is 1. The fraction of sp³-hybridized carbons (Fsp3) is 0.933. The minimum atomic E-state index is -0.382. The summed E-state index contributed by atoms with van der Waals surface area (Å²) >= 11 is 0. The fourth-order valence-electron chi connectivity index (χ4n) is 2.76. The molecule has 1 aliphatic carbocycles. The minimum Gasteiger partial charge on any atom is -0.354 e. The van der Waals surface area contributed by atoms with Crippen molar-refractivity contribution in [3.8, 4) is 0 Å². The van der Waals surface area contributed by atoms with Crippen LogP contribution in [0, 0.1) is 17.3 Å². The van der Waals surface area contributed by atoms with E-state index in [0.29, 0.717) is 0 Å². The van der Waals surface area contributed by atoms with E-state index in [-0.39, 0.29) is 23.3 Å². The van der Waals surface area contributed by atoms with E-state index in [2.05, 4.69) is 19.2 Å². The molecule has 0 saturated heterocycles. The van der Waals surface area contributed by atoms with E-state index in [0.717, 1.165) is 12.5 Å². The zero-order valence-corrected chi connectivity index (χ0v) is 12.5. The number of hydrogen-bond acceptors (Lipinski definition) is 2. The Morgan fingerprint density at radius 2 is 1.83 bits per heavy atom. The van der Waals surface area contributed by atoms with Crippen LogP contribution in [-0.4, -0.2) is 18.5 Å². The van der Waals surface area contributed by atoms with Crippen molar-refractivity contribution in [2.45, 2.75) is 65.8 Å². The third kappa shape index (κ3) is 4.27. The molecule has 18 heavy (non-hydrogen) atoms. The number of nitrogens with one attached hydrogen (secondary N) is 1. The van der Waals surface area contributed by atoms with Gasteiger partial charge in [-0.25, -0.2) is 0 Å². The third-order valence-corrected chi connectivity index (χ3v) is 4.45. The summed E-state index contributed by atoms with van der Waals surface area (Å²) in [6.45, 7) is 9.25. The first-order valence-electron chi connectivity index (χ1n) is 7.38. The van der Waals surface area contributed by atoms with Gasteiger partial charge in [0.25, 0.3) is 0 Å². The molecule has 0 aliphatic heterocycles. The van der Waals surface area contributed by atoms with Crippen molar-refractivity contribution in [3.63, 3.8) is 0 Å². The first-order valence-corrected chi connectivity index (χ1v) is 7.38. The SMILES string of the molecule is CC(C)[C@H](N)C(=O)NCC(C)(C)C1CCCCC1. The quantitative estimate of drug-likeness (QED) is 0.792. The van der Waals surface area contributed by atoms with Gasteiger partial charge in [-0.2, -0.15) is 0 Å². The van der Waals surface area contributed by atoms with Gasteiger partial charge in [-0.1, -0.05) is 47.0 Å². The van der Waals surface area contributed by atoms with E-state index in [1.807, 2.05) is 13.8 Å². The highest BCUT2D eigenvalue weighted by Gasteiger charge is 2.31. The molecule has 0 spiro atoms. The van der Waals surface area contributed by atoms with Gasteiger partial charge in [0.2, 0.25) is 5.91 Å². The minimum absolute atomic E-state index is 0.00566. The van der Waals surface area contributed by atoms with Crippen LogP contribution in [0.3, 0.4) is 0 Å². The Labute approximate surface area is 112 Å². The van der Waals surface area contributed by atoms with E-state index in [4.69, 9.17) is 5.73 Å². The Hall–Kier alpha value is -0.570. The maximum Gasteiger partial charge on any atom is 0.237 e. The van der Waals surface area contributed by atoms with E-state index >= 15 is 0 Å². The Morgan fingerprint density at radius 3 is 2.33 bits per heavy atom. The highest BCUT2D eigenvalue weighted by molar-refractivity contribution is 5.81. The molecule has 1 fully saturated rings. The van der Waals surface area contributed by atoms with Crippen molar-refractivity contribution in [1.29, 1.82) is 0 Å². The summed E-state index contributed by atoms with van der Waals surface area (Å²) in [6, 6.07) is -0.382. The maximum absolute atomic E-state index is 11.9.